The summed E-state index contributed by atoms with van der Waals surface area (Å²) in [6, 6.07) is 14.2. The number of hydrogen-bond acceptors (Lipinski definition) is 6. The van der Waals surface area contributed by atoms with Gasteiger partial charge in [0, 0.05) is 29.0 Å². The standard InChI is InChI=1S/C28H29BrN2O6/c1-3-35-28(34)26-18(2)31(21-10-8-20(29)9-11-21)27(33)24(26)15-19-6-12-22(13-7-19)37-17-25(32)30-16-23-5-4-14-36-23/h6-13,15,23H,3-5,14,16-17H2,1-2H3,(H,30,32)/b24-15-/t23-/m0/s1. The van der Waals surface area contributed by atoms with Crippen LogP contribution >= 0.6 is 15.9 Å². The molecule has 0 saturated carbocycles. The van der Waals surface area contributed by atoms with Crippen LogP contribution in [0.15, 0.2) is 69.8 Å². The van der Waals surface area contributed by atoms with Gasteiger partial charge in [0.25, 0.3) is 11.8 Å². The molecule has 2 aromatic carbocycles. The molecular formula is C28H29BrN2O6. The van der Waals surface area contributed by atoms with E-state index in [1.54, 1.807) is 56.3 Å². The van der Waals surface area contributed by atoms with E-state index in [1.807, 2.05) is 12.1 Å². The average molecular weight is 569 g/mol. The summed E-state index contributed by atoms with van der Waals surface area (Å²) in [5.41, 5.74) is 2.34. The van der Waals surface area contributed by atoms with Crippen molar-refractivity contribution in [2.75, 3.05) is 31.3 Å². The van der Waals surface area contributed by atoms with Crippen molar-refractivity contribution in [3.05, 3.63) is 75.4 Å². The first-order valence-corrected chi connectivity index (χ1v) is 13.0. The van der Waals surface area contributed by atoms with Gasteiger partial charge in [0.2, 0.25) is 0 Å². The molecule has 0 bridgehead atoms. The number of anilines is 1. The summed E-state index contributed by atoms with van der Waals surface area (Å²) >= 11 is 3.40. The fraction of sp³-hybridized carbons (Fsp3) is 0.321. The highest BCUT2D eigenvalue weighted by atomic mass is 79.9. The number of nitrogens with one attached hydrogen (secondary N) is 1. The van der Waals surface area contributed by atoms with Gasteiger partial charge in [-0.15, -0.1) is 0 Å². The van der Waals surface area contributed by atoms with Crippen molar-refractivity contribution in [3.63, 3.8) is 0 Å². The minimum atomic E-state index is -0.548. The fourth-order valence-electron chi connectivity index (χ4n) is 4.24. The molecule has 0 aromatic heterocycles. The van der Waals surface area contributed by atoms with Crippen LogP contribution in [0.2, 0.25) is 0 Å². The number of carbonyl (C=O) groups excluding carboxylic acids is 3. The number of carbonyl (C=O) groups is 3. The van der Waals surface area contributed by atoms with Gasteiger partial charge in [0.1, 0.15) is 5.75 Å². The Hall–Kier alpha value is -3.43. The van der Waals surface area contributed by atoms with E-state index in [0.717, 1.165) is 23.9 Å². The third-order valence-electron chi connectivity index (χ3n) is 6.08. The summed E-state index contributed by atoms with van der Waals surface area (Å²) in [5.74, 6) is -0.564. The first-order valence-electron chi connectivity index (χ1n) is 12.2. The van der Waals surface area contributed by atoms with Crippen LogP contribution in [0, 0.1) is 0 Å². The lowest BCUT2D eigenvalue weighted by Gasteiger charge is -2.18. The molecule has 2 aliphatic rings. The molecule has 9 heteroatoms. The van der Waals surface area contributed by atoms with Crippen LogP contribution in [-0.2, 0) is 23.9 Å². The summed E-state index contributed by atoms with van der Waals surface area (Å²) in [6.45, 7) is 4.76. The topological polar surface area (TPSA) is 94.2 Å². The summed E-state index contributed by atoms with van der Waals surface area (Å²) in [4.78, 5) is 39.8. The minimum Gasteiger partial charge on any atom is -0.484 e. The molecule has 8 nitrogen and oxygen atoms in total. The smallest absolute Gasteiger partial charge is 0.340 e. The van der Waals surface area contributed by atoms with Gasteiger partial charge in [-0.1, -0.05) is 28.1 Å². The quantitative estimate of drug-likeness (QED) is 0.356. The molecule has 0 spiro atoms. The second kappa shape index (κ2) is 12.2. The first kappa shape index (κ1) is 26.6. The Morgan fingerprint density at radius 3 is 2.54 bits per heavy atom. The molecule has 4 rings (SSSR count). The van der Waals surface area contributed by atoms with Gasteiger partial charge in [0.05, 0.1) is 23.9 Å². The van der Waals surface area contributed by atoms with Crippen LogP contribution in [0.1, 0.15) is 32.3 Å². The van der Waals surface area contributed by atoms with Crippen LogP contribution in [0.25, 0.3) is 6.08 Å². The summed E-state index contributed by atoms with van der Waals surface area (Å²) in [7, 11) is 0. The van der Waals surface area contributed by atoms with E-state index in [1.165, 1.54) is 4.90 Å². The zero-order valence-corrected chi connectivity index (χ0v) is 22.4. The Balaban J connectivity index is 1.47. The molecule has 1 fully saturated rings. The Kier molecular flexibility index (Phi) is 8.78. The third kappa shape index (κ3) is 6.47. The zero-order valence-electron chi connectivity index (χ0n) is 20.8. The number of hydrogen-bond donors (Lipinski definition) is 1. The van der Waals surface area contributed by atoms with Crippen molar-refractivity contribution in [1.82, 2.24) is 5.32 Å². The zero-order chi connectivity index (χ0) is 26.4. The lowest BCUT2D eigenvalue weighted by molar-refractivity contribution is -0.138. The second-order valence-corrected chi connectivity index (χ2v) is 9.57. The molecule has 0 aliphatic carbocycles. The number of allylic oxidation sites excluding steroid dienone is 1. The molecule has 1 atom stereocenters. The predicted octanol–water partition coefficient (Wildman–Crippen LogP) is 4.39. The van der Waals surface area contributed by atoms with Gasteiger partial charge in [0.15, 0.2) is 6.61 Å². The van der Waals surface area contributed by atoms with Gasteiger partial charge < -0.3 is 19.5 Å². The van der Waals surface area contributed by atoms with E-state index in [4.69, 9.17) is 14.2 Å². The summed E-state index contributed by atoms with van der Waals surface area (Å²) < 4.78 is 17.2. The van der Waals surface area contributed by atoms with E-state index in [9.17, 15) is 14.4 Å². The average Bonchev–Trinajstić information content (AvgIpc) is 3.49. The highest BCUT2D eigenvalue weighted by molar-refractivity contribution is 9.10. The Morgan fingerprint density at radius 1 is 1.16 bits per heavy atom. The molecule has 0 radical (unpaired) electrons. The Labute approximate surface area is 224 Å². The molecule has 194 valence electrons. The van der Waals surface area contributed by atoms with Crippen LogP contribution in [0.4, 0.5) is 5.69 Å². The monoisotopic (exact) mass is 568 g/mol. The highest BCUT2D eigenvalue weighted by Gasteiger charge is 2.38. The molecule has 2 aromatic rings. The Bertz CT molecular complexity index is 1210. The van der Waals surface area contributed by atoms with Gasteiger partial charge in [-0.25, -0.2) is 4.79 Å². The summed E-state index contributed by atoms with van der Waals surface area (Å²) in [6.07, 6.45) is 3.71. The number of benzene rings is 2. The summed E-state index contributed by atoms with van der Waals surface area (Å²) in [5, 5.41) is 2.82. The van der Waals surface area contributed by atoms with E-state index in [-0.39, 0.29) is 42.3 Å². The van der Waals surface area contributed by atoms with Crippen molar-refractivity contribution < 1.29 is 28.6 Å². The van der Waals surface area contributed by atoms with Crippen LogP contribution in [-0.4, -0.2) is 50.3 Å². The van der Waals surface area contributed by atoms with Crippen LogP contribution in [0.3, 0.4) is 0 Å². The number of nitrogens with zero attached hydrogens (tertiary/aromatic N) is 1. The number of rotatable bonds is 9. The van der Waals surface area contributed by atoms with E-state index < -0.39 is 5.97 Å². The molecule has 2 heterocycles. The van der Waals surface area contributed by atoms with Crippen molar-refractivity contribution in [2.24, 2.45) is 0 Å². The van der Waals surface area contributed by atoms with Crippen molar-refractivity contribution >= 4 is 45.5 Å². The molecule has 0 unspecified atom stereocenters. The van der Waals surface area contributed by atoms with Gasteiger partial charge in [-0.2, -0.15) is 0 Å². The normalized spacial score (nSPS) is 18.5. The van der Waals surface area contributed by atoms with Gasteiger partial charge >= 0.3 is 5.97 Å². The van der Waals surface area contributed by atoms with E-state index >= 15 is 0 Å². The second-order valence-electron chi connectivity index (χ2n) is 8.65. The maximum atomic E-state index is 13.4. The van der Waals surface area contributed by atoms with E-state index in [0.29, 0.717) is 29.2 Å². The van der Waals surface area contributed by atoms with Crippen molar-refractivity contribution in [3.8, 4) is 5.75 Å². The maximum absolute atomic E-state index is 13.4. The number of amides is 2. The highest BCUT2D eigenvalue weighted by Crippen LogP contribution is 2.36. The molecule has 2 amide bonds. The van der Waals surface area contributed by atoms with Crippen LogP contribution in [0.5, 0.6) is 5.75 Å². The minimum absolute atomic E-state index is 0.0754. The van der Waals surface area contributed by atoms with E-state index in [2.05, 4.69) is 21.2 Å². The van der Waals surface area contributed by atoms with Crippen molar-refractivity contribution in [1.29, 1.82) is 0 Å². The molecule has 1 N–H and O–H groups in total. The lowest BCUT2D eigenvalue weighted by Crippen LogP contribution is -2.35. The lowest BCUT2D eigenvalue weighted by atomic mass is 10.0. The molecule has 37 heavy (non-hydrogen) atoms. The van der Waals surface area contributed by atoms with Gasteiger partial charge in [-0.05, 0) is 74.7 Å². The SMILES string of the molecule is CCOC(=O)C1=C(C)N(c2ccc(Br)cc2)C(=O)/C1=C\c1ccc(OCC(=O)NC[C@@H]2CCCO2)cc1. The largest absolute Gasteiger partial charge is 0.484 e. The number of esters is 1. The van der Waals surface area contributed by atoms with Gasteiger partial charge in [-0.3, -0.25) is 14.5 Å². The third-order valence-corrected chi connectivity index (χ3v) is 6.61. The first-order chi connectivity index (χ1) is 17.9. The maximum Gasteiger partial charge on any atom is 0.340 e. The number of halogens is 1. The number of ether oxygens (including phenoxy) is 3. The Morgan fingerprint density at radius 2 is 1.89 bits per heavy atom. The van der Waals surface area contributed by atoms with Crippen molar-refractivity contribution in [2.45, 2.75) is 32.8 Å². The molecule has 2 aliphatic heterocycles. The predicted molar refractivity (Wildman–Crippen MR) is 143 cm³/mol. The fourth-order valence-corrected chi connectivity index (χ4v) is 4.51. The molecular weight excluding hydrogens is 540 g/mol. The van der Waals surface area contributed by atoms with Crippen LogP contribution < -0.4 is 15.0 Å². The molecule has 1 saturated heterocycles.